The summed E-state index contributed by atoms with van der Waals surface area (Å²) < 4.78 is 7.36. The summed E-state index contributed by atoms with van der Waals surface area (Å²) >= 11 is 1.42. The van der Waals surface area contributed by atoms with E-state index in [9.17, 15) is 4.79 Å². The second-order valence-electron chi connectivity index (χ2n) is 8.12. The normalized spacial score (nSPS) is 13.4. The average molecular weight is 437 g/mol. The van der Waals surface area contributed by atoms with Crippen LogP contribution < -0.4 is 10.1 Å². The van der Waals surface area contributed by atoms with Gasteiger partial charge >= 0.3 is 0 Å². The Balaban J connectivity index is 1.67. The molecular formula is C24H28N4O2S. The van der Waals surface area contributed by atoms with E-state index >= 15 is 0 Å². The van der Waals surface area contributed by atoms with Crippen molar-refractivity contribution < 1.29 is 9.53 Å². The van der Waals surface area contributed by atoms with Crippen LogP contribution in [0.5, 0.6) is 5.75 Å². The molecule has 0 radical (unpaired) electrons. The van der Waals surface area contributed by atoms with Crippen molar-refractivity contribution in [3.8, 4) is 22.8 Å². The highest BCUT2D eigenvalue weighted by molar-refractivity contribution is 7.99. The second-order valence-corrected chi connectivity index (χ2v) is 9.06. The first-order chi connectivity index (χ1) is 15.1. The van der Waals surface area contributed by atoms with Gasteiger partial charge in [-0.05, 0) is 60.6 Å². The van der Waals surface area contributed by atoms with E-state index in [1.807, 2.05) is 36.4 Å². The third kappa shape index (κ3) is 5.10. The van der Waals surface area contributed by atoms with Crippen molar-refractivity contribution in [3.05, 3.63) is 54.1 Å². The van der Waals surface area contributed by atoms with E-state index in [1.165, 1.54) is 30.2 Å². The van der Waals surface area contributed by atoms with Gasteiger partial charge in [0.2, 0.25) is 5.91 Å². The fraction of sp³-hybridized carbons (Fsp3) is 0.375. The Morgan fingerprint density at radius 1 is 1.16 bits per heavy atom. The number of rotatable bonds is 9. The van der Waals surface area contributed by atoms with Crippen LogP contribution >= 0.6 is 11.8 Å². The van der Waals surface area contributed by atoms with Crippen LogP contribution in [-0.4, -0.2) is 40.1 Å². The van der Waals surface area contributed by atoms with Crippen LogP contribution in [0.15, 0.2) is 53.7 Å². The number of hydrogen-bond acceptors (Lipinski definition) is 5. The molecule has 3 aromatic rings. The molecule has 1 aliphatic carbocycles. The molecule has 0 aliphatic heterocycles. The van der Waals surface area contributed by atoms with Crippen molar-refractivity contribution in [3.63, 3.8) is 0 Å². The lowest BCUT2D eigenvalue weighted by Gasteiger charge is -2.17. The van der Waals surface area contributed by atoms with E-state index in [0.717, 1.165) is 29.4 Å². The molecule has 0 unspecified atom stereocenters. The van der Waals surface area contributed by atoms with Gasteiger partial charge in [-0.1, -0.05) is 43.8 Å². The van der Waals surface area contributed by atoms with Gasteiger partial charge in [0.05, 0.1) is 18.6 Å². The van der Waals surface area contributed by atoms with Gasteiger partial charge in [0.15, 0.2) is 11.0 Å². The molecule has 1 aromatic heterocycles. The first-order valence-electron chi connectivity index (χ1n) is 10.7. The van der Waals surface area contributed by atoms with Crippen molar-refractivity contribution >= 4 is 17.7 Å². The molecule has 162 valence electrons. The van der Waals surface area contributed by atoms with Crippen molar-refractivity contribution in [2.75, 3.05) is 19.4 Å². The van der Waals surface area contributed by atoms with Crippen LogP contribution in [0.25, 0.3) is 17.1 Å². The monoisotopic (exact) mass is 436 g/mol. The Hall–Kier alpha value is -2.80. The third-order valence-corrected chi connectivity index (χ3v) is 6.33. The molecule has 1 fully saturated rings. The first-order valence-corrected chi connectivity index (χ1v) is 11.6. The molecule has 1 aliphatic rings. The standard InChI is InChI=1S/C24H28N4O2S/c1-16(2)20-6-4-5-7-21(20)28-23(18-10-12-19(30-3)13-11-18)26-27-24(28)31-15-22(29)25-14-17-8-9-17/h4-7,10-13,16-17H,8-9,14-15H2,1-3H3,(H,25,29). The summed E-state index contributed by atoms with van der Waals surface area (Å²) in [6, 6.07) is 16.1. The summed E-state index contributed by atoms with van der Waals surface area (Å²) in [6.07, 6.45) is 2.44. The number of aromatic nitrogens is 3. The van der Waals surface area contributed by atoms with Gasteiger partial charge in [-0.3, -0.25) is 9.36 Å². The Kier molecular flexibility index (Phi) is 6.61. The highest BCUT2D eigenvalue weighted by Crippen LogP contribution is 2.33. The Morgan fingerprint density at radius 2 is 1.90 bits per heavy atom. The van der Waals surface area contributed by atoms with Gasteiger partial charge in [0.1, 0.15) is 5.75 Å². The van der Waals surface area contributed by atoms with Crippen molar-refractivity contribution in [2.24, 2.45) is 5.92 Å². The number of nitrogens with one attached hydrogen (secondary N) is 1. The topological polar surface area (TPSA) is 69.0 Å². The number of carbonyl (C=O) groups excluding carboxylic acids is 1. The van der Waals surface area contributed by atoms with Crippen molar-refractivity contribution in [1.82, 2.24) is 20.1 Å². The largest absolute Gasteiger partial charge is 0.497 e. The molecule has 1 heterocycles. The molecule has 4 rings (SSSR count). The van der Waals surface area contributed by atoms with Crippen LogP contribution in [0, 0.1) is 5.92 Å². The zero-order chi connectivity index (χ0) is 21.8. The van der Waals surface area contributed by atoms with E-state index in [2.05, 4.69) is 46.1 Å². The molecule has 0 spiro atoms. The Labute approximate surface area is 187 Å². The second kappa shape index (κ2) is 9.56. The number of benzene rings is 2. The summed E-state index contributed by atoms with van der Waals surface area (Å²) in [6.45, 7) is 5.13. The van der Waals surface area contributed by atoms with Crippen molar-refractivity contribution in [2.45, 2.75) is 37.8 Å². The molecule has 0 saturated heterocycles. The number of methoxy groups -OCH3 is 1. The zero-order valence-corrected chi connectivity index (χ0v) is 19.0. The lowest BCUT2D eigenvalue weighted by molar-refractivity contribution is -0.118. The quantitative estimate of drug-likeness (QED) is 0.493. The number of thioether (sulfide) groups is 1. The van der Waals surface area contributed by atoms with Gasteiger partial charge in [0, 0.05) is 12.1 Å². The summed E-state index contributed by atoms with van der Waals surface area (Å²) in [5.74, 6) is 2.89. The van der Waals surface area contributed by atoms with Gasteiger partial charge in [-0.15, -0.1) is 10.2 Å². The van der Waals surface area contributed by atoms with E-state index in [0.29, 0.717) is 22.7 Å². The van der Waals surface area contributed by atoms with Crippen LogP contribution in [0.1, 0.15) is 38.2 Å². The molecule has 1 amide bonds. The predicted molar refractivity (Wildman–Crippen MR) is 124 cm³/mol. The highest BCUT2D eigenvalue weighted by atomic mass is 32.2. The molecule has 0 atom stereocenters. The molecule has 2 aromatic carbocycles. The summed E-state index contributed by atoms with van der Waals surface area (Å²) in [5, 5.41) is 12.7. The highest BCUT2D eigenvalue weighted by Gasteiger charge is 2.23. The van der Waals surface area contributed by atoms with Crippen LogP contribution in [-0.2, 0) is 4.79 Å². The van der Waals surface area contributed by atoms with Crippen LogP contribution in [0.2, 0.25) is 0 Å². The summed E-state index contributed by atoms with van der Waals surface area (Å²) in [5.41, 5.74) is 3.18. The number of amides is 1. The lowest BCUT2D eigenvalue weighted by Crippen LogP contribution is -2.27. The molecule has 7 heteroatoms. The van der Waals surface area contributed by atoms with Gasteiger partial charge < -0.3 is 10.1 Å². The predicted octanol–water partition coefficient (Wildman–Crippen LogP) is 4.68. The molecule has 1 N–H and O–H groups in total. The Bertz CT molecular complexity index is 1040. The SMILES string of the molecule is COc1ccc(-c2nnc(SCC(=O)NCC3CC3)n2-c2ccccc2C(C)C)cc1. The number of para-hydroxylation sites is 1. The van der Waals surface area contributed by atoms with Crippen LogP contribution in [0.3, 0.4) is 0 Å². The van der Waals surface area contributed by atoms with E-state index in [4.69, 9.17) is 4.74 Å². The van der Waals surface area contributed by atoms with E-state index in [-0.39, 0.29) is 5.91 Å². The van der Waals surface area contributed by atoms with Crippen LogP contribution in [0.4, 0.5) is 0 Å². The average Bonchev–Trinajstić information content (AvgIpc) is 3.53. The fourth-order valence-electron chi connectivity index (χ4n) is 3.45. The molecular weight excluding hydrogens is 408 g/mol. The maximum Gasteiger partial charge on any atom is 0.230 e. The van der Waals surface area contributed by atoms with Gasteiger partial charge in [-0.25, -0.2) is 0 Å². The summed E-state index contributed by atoms with van der Waals surface area (Å²) in [7, 11) is 1.65. The summed E-state index contributed by atoms with van der Waals surface area (Å²) in [4.78, 5) is 12.3. The molecule has 1 saturated carbocycles. The fourth-order valence-corrected chi connectivity index (χ4v) is 4.22. The van der Waals surface area contributed by atoms with E-state index < -0.39 is 0 Å². The number of hydrogen-bond donors (Lipinski definition) is 1. The van der Waals surface area contributed by atoms with Gasteiger partial charge in [-0.2, -0.15) is 0 Å². The molecule has 6 nitrogen and oxygen atoms in total. The minimum Gasteiger partial charge on any atom is -0.497 e. The lowest BCUT2D eigenvalue weighted by atomic mass is 10.0. The molecule has 31 heavy (non-hydrogen) atoms. The minimum atomic E-state index is 0.0367. The maximum atomic E-state index is 12.3. The number of nitrogens with zero attached hydrogens (tertiary/aromatic N) is 3. The third-order valence-electron chi connectivity index (χ3n) is 5.40. The zero-order valence-electron chi connectivity index (χ0n) is 18.2. The van der Waals surface area contributed by atoms with E-state index in [1.54, 1.807) is 7.11 Å². The minimum absolute atomic E-state index is 0.0367. The Morgan fingerprint density at radius 3 is 2.58 bits per heavy atom. The maximum absolute atomic E-state index is 12.3. The smallest absolute Gasteiger partial charge is 0.230 e. The molecule has 0 bridgehead atoms. The number of carbonyl (C=O) groups is 1. The van der Waals surface area contributed by atoms with Crippen molar-refractivity contribution in [1.29, 1.82) is 0 Å². The van der Waals surface area contributed by atoms with Gasteiger partial charge in [0.25, 0.3) is 0 Å². The number of ether oxygens (including phenoxy) is 1. The first kappa shape index (κ1) is 21.4.